The molecule has 2 aromatic rings. The zero-order valence-electron chi connectivity index (χ0n) is 12.0. The Labute approximate surface area is 114 Å². The molecule has 0 aliphatic heterocycles. The van der Waals surface area contributed by atoms with Gasteiger partial charge in [-0.05, 0) is 24.3 Å². The first kappa shape index (κ1) is 13.6. The molecular weight excluding hydrogens is 238 g/mol. The summed E-state index contributed by atoms with van der Waals surface area (Å²) in [5.41, 5.74) is 3.18. The summed E-state index contributed by atoms with van der Waals surface area (Å²) in [6.45, 7) is 4.95. The summed E-state index contributed by atoms with van der Waals surface area (Å²) >= 11 is 0. The van der Waals surface area contributed by atoms with E-state index in [1.54, 1.807) is 0 Å². The van der Waals surface area contributed by atoms with E-state index in [-0.39, 0.29) is 0 Å². The van der Waals surface area contributed by atoms with Gasteiger partial charge in [0.1, 0.15) is 5.69 Å². The Bertz CT molecular complexity index is 514. The molecule has 1 heterocycles. The van der Waals surface area contributed by atoms with E-state index >= 15 is 0 Å². The summed E-state index contributed by atoms with van der Waals surface area (Å²) < 4.78 is 5.52. The Balaban J connectivity index is 2.19. The van der Waals surface area contributed by atoms with Crippen molar-refractivity contribution in [2.24, 2.45) is 0 Å². The first-order valence-corrected chi connectivity index (χ1v) is 6.51. The van der Waals surface area contributed by atoms with Crippen molar-refractivity contribution in [2.45, 2.75) is 26.4 Å². The predicted molar refractivity (Wildman–Crippen MR) is 78.2 cm³/mol. The van der Waals surface area contributed by atoms with E-state index in [0.29, 0.717) is 6.04 Å². The Morgan fingerprint density at radius 1 is 1.21 bits per heavy atom. The summed E-state index contributed by atoms with van der Waals surface area (Å²) in [7, 11) is 4.06. The van der Waals surface area contributed by atoms with Crippen LogP contribution in [0.25, 0.3) is 11.3 Å². The van der Waals surface area contributed by atoms with Crippen LogP contribution >= 0.6 is 0 Å². The van der Waals surface area contributed by atoms with Crippen LogP contribution in [0.1, 0.15) is 19.5 Å². The molecule has 0 amide bonds. The van der Waals surface area contributed by atoms with Crippen molar-refractivity contribution in [3.8, 4) is 11.3 Å². The minimum Gasteiger partial charge on any atom is -0.443 e. The molecule has 0 bridgehead atoms. The van der Waals surface area contributed by atoms with Crippen LogP contribution in [-0.2, 0) is 6.54 Å². The number of nitrogens with zero attached hydrogens (tertiary/aromatic N) is 2. The number of nitrogens with one attached hydrogen (secondary N) is 1. The molecule has 0 spiro atoms. The third kappa shape index (κ3) is 3.35. The highest BCUT2D eigenvalue weighted by Gasteiger charge is 2.11. The Kier molecular flexibility index (Phi) is 4.22. The van der Waals surface area contributed by atoms with Gasteiger partial charge in [-0.3, -0.25) is 0 Å². The second-order valence-electron chi connectivity index (χ2n) is 5.11. The van der Waals surface area contributed by atoms with Gasteiger partial charge >= 0.3 is 0 Å². The van der Waals surface area contributed by atoms with Crippen LogP contribution in [-0.4, -0.2) is 25.1 Å². The minimum absolute atomic E-state index is 0.431. The quantitative estimate of drug-likeness (QED) is 0.896. The van der Waals surface area contributed by atoms with Gasteiger partial charge in [-0.1, -0.05) is 13.8 Å². The van der Waals surface area contributed by atoms with Crippen LogP contribution in [0.2, 0.25) is 0 Å². The third-order valence-corrected chi connectivity index (χ3v) is 2.96. The lowest BCUT2D eigenvalue weighted by Gasteiger charge is -2.12. The fraction of sp³-hybridized carbons (Fsp3) is 0.400. The molecule has 4 heteroatoms. The molecular formula is C15H21N3O. The summed E-state index contributed by atoms with van der Waals surface area (Å²) in [5.74, 6) is 0.846. The lowest BCUT2D eigenvalue weighted by atomic mass is 10.1. The summed E-state index contributed by atoms with van der Waals surface area (Å²) in [6, 6.07) is 8.72. The molecule has 1 aromatic carbocycles. The van der Waals surface area contributed by atoms with Crippen molar-refractivity contribution in [1.82, 2.24) is 10.3 Å². The molecule has 0 radical (unpaired) electrons. The van der Waals surface area contributed by atoms with Crippen molar-refractivity contribution in [3.63, 3.8) is 0 Å². The topological polar surface area (TPSA) is 41.3 Å². The van der Waals surface area contributed by atoms with Crippen molar-refractivity contribution in [1.29, 1.82) is 0 Å². The second-order valence-corrected chi connectivity index (χ2v) is 5.11. The number of rotatable bonds is 5. The van der Waals surface area contributed by atoms with Crippen molar-refractivity contribution in [2.75, 3.05) is 19.0 Å². The van der Waals surface area contributed by atoms with E-state index in [1.807, 2.05) is 14.1 Å². The van der Waals surface area contributed by atoms with E-state index in [1.165, 1.54) is 12.1 Å². The van der Waals surface area contributed by atoms with Gasteiger partial charge in [-0.15, -0.1) is 0 Å². The highest BCUT2D eigenvalue weighted by atomic mass is 16.3. The monoisotopic (exact) mass is 259 g/mol. The highest BCUT2D eigenvalue weighted by molar-refractivity contribution is 5.63. The second kappa shape index (κ2) is 5.89. The molecule has 0 fully saturated rings. The smallest absolute Gasteiger partial charge is 0.181 e. The fourth-order valence-corrected chi connectivity index (χ4v) is 1.84. The van der Waals surface area contributed by atoms with Gasteiger partial charge in [0.25, 0.3) is 0 Å². The number of hydrogen-bond acceptors (Lipinski definition) is 4. The van der Waals surface area contributed by atoms with E-state index in [9.17, 15) is 0 Å². The van der Waals surface area contributed by atoms with Crippen LogP contribution in [0.4, 0.5) is 5.69 Å². The van der Waals surface area contributed by atoms with Crippen molar-refractivity contribution >= 4 is 5.69 Å². The van der Waals surface area contributed by atoms with E-state index in [0.717, 1.165) is 23.6 Å². The fourth-order valence-electron chi connectivity index (χ4n) is 1.84. The maximum Gasteiger partial charge on any atom is 0.181 e. The zero-order valence-corrected chi connectivity index (χ0v) is 12.0. The van der Waals surface area contributed by atoms with Gasteiger partial charge < -0.3 is 14.6 Å². The van der Waals surface area contributed by atoms with Gasteiger partial charge in [-0.2, -0.15) is 0 Å². The Hall–Kier alpha value is -1.81. The lowest BCUT2D eigenvalue weighted by Crippen LogP contribution is -2.22. The summed E-state index contributed by atoms with van der Waals surface area (Å²) in [6.07, 6.45) is 1.51. The summed E-state index contributed by atoms with van der Waals surface area (Å²) in [4.78, 5) is 6.36. The van der Waals surface area contributed by atoms with Crippen LogP contribution in [0.5, 0.6) is 0 Å². The molecule has 2 rings (SSSR count). The van der Waals surface area contributed by atoms with E-state index in [2.05, 4.69) is 53.3 Å². The molecule has 0 atom stereocenters. The van der Waals surface area contributed by atoms with Crippen molar-refractivity contribution < 1.29 is 4.42 Å². The highest BCUT2D eigenvalue weighted by Crippen LogP contribution is 2.25. The van der Waals surface area contributed by atoms with Crippen LogP contribution in [0.3, 0.4) is 0 Å². The average molecular weight is 259 g/mol. The predicted octanol–water partition coefficient (Wildman–Crippen LogP) is 2.91. The number of oxazole rings is 1. The molecule has 0 saturated carbocycles. The van der Waals surface area contributed by atoms with Crippen molar-refractivity contribution in [3.05, 3.63) is 36.4 Å². The Morgan fingerprint density at radius 2 is 1.89 bits per heavy atom. The summed E-state index contributed by atoms with van der Waals surface area (Å²) in [5, 5.41) is 3.36. The molecule has 102 valence electrons. The normalized spacial score (nSPS) is 11.0. The molecule has 0 aliphatic rings. The average Bonchev–Trinajstić information content (AvgIpc) is 2.84. The van der Waals surface area contributed by atoms with Crippen LogP contribution in [0, 0.1) is 0 Å². The van der Waals surface area contributed by atoms with E-state index in [4.69, 9.17) is 4.42 Å². The molecule has 0 aliphatic carbocycles. The van der Waals surface area contributed by atoms with Gasteiger partial charge in [0.05, 0.1) is 0 Å². The first-order valence-electron chi connectivity index (χ1n) is 6.51. The number of anilines is 1. The standard InChI is InChI=1S/C15H21N3O/c1-11(2)16-9-14-15(19-10-17-14)12-5-7-13(8-6-12)18(3)4/h5-8,10-11,16H,9H2,1-4H3. The van der Waals surface area contributed by atoms with Crippen LogP contribution < -0.4 is 10.2 Å². The molecule has 0 unspecified atom stereocenters. The molecule has 19 heavy (non-hydrogen) atoms. The third-order valence-electron chi connectivity index (χ3n) is 2.96. The lowest BCUT2D eigenvalue weighted by molar-refractivity contribution is 0.563. The number of benzene rings is 1. The van der Waals surface area contributed by atoms with E-state index < -0.39 is 0 Å². The van der Waals surface area contributed by atoms with Gasteiger partial charge in [-0.25, -0.2) is 4.98 Å². The molecule has 1 N–H and O–H groups in total. The number of aromatic nitrogens is 1. The Morgan fingerprint density at radius 3 is 2.47 bits per heavy atom. The molecule has 0 saturated heterocycles. The molecule has 4 nitrogen and oxygen atoms in total. The minimum atomic E-state index is 0.431. The maximum absolute atomic E-state index is 5.52. The molecule has 1 aromatic heterocycles. The SMILES string of the molecule is CC(C)NCc1ncoc1-c1ccc(N(C)C)cc1. The number of hydrogen-bond donors (Lipinski definition) is 1. The van der Waals surface area contributed by atoms with Crippen LogP contribution in [0.15, 0.2) is 35.1 Å². The first-order chi connectivity index (χ1) is 9.08. The van der Waals surface area contributed by atoms with Gasteiger partial charge in [0.2, 0.25) is 0 Å². The van der Waals surface area contributed by atoms with Gasteiger partial charge in [0.15, 0.2) is 12.2 Å². The zero-order chi connectivity index (χ0) is 13.8. The van der Waals surface area contributed by atoms with Gasteiger partial charge in [0, 0.05) is 37.9 Å². The largest absolute Gasteiger partial charge is 0.443 e. The maximum atomic E-state index is 5.52.